The van der Waals surface area contributed by atoms with E-state index in [1.54, 1.807) is 12.1 Å². The van der Waals surface area contributed by atoms with Gasteiger partial charge in [-0.25, -0.2) is 0 Å². The molecule has 2 N–H and O–H groups in total. The van der Waals surface area contributed by atoms with E-state index in [1.165, 1.54) is 17.3 Å². The van der Waals surface area contributed by atoms with Crippen LogP contribution in [0.2, 0.25) is 5.02 Å². The highest BCUT2D eigenvalue weighted by Gasteiger charge is 2.29. The van der Waals surface area contributed by atoms with Crippen molar-refractivity contribution in [1.29, 1.82) is 0 Å². The lowest BCUT2D eigenvalue weighted by atomic mass is 10.1. The zero-order valence-corrected chi connectivity index (χ0v) is 17.5. The number of halogens is 1. The summed E-state index contributed by atoms with van der Waals surface area (Å²) in [5, 5.41) is 5.96. The molecular weight excluding hydrogens is 394 g/mol. The largest absolute Gasteiger partial charge is 0.354 e. The molecule has 3 rings (SSSR count). The summed E-state index contributed by atoms with van der Waals surface area (Å²) in [4.78, 5) is 27.8. The highest BCUT2D eigenvalue weighted by molar-refractivity contribution is 8.01. The molecule has 1 heterocycles. The normalized spacial score (nSPS) is 17.0. The number of thioether (sulfide) groups is 1. The first-order valence-electron chi connectivity index (χ1n) is 9.16. The first-order valence-corrected chi connectivity index (χ1v) is 10.4. The van der Waals surface area contributed by atoms with Crippen molar-refractivity contribution in [1.82, 2.24) is 10.2 Å². The van der Waals surface area contributed by atoms with Crippen LogP contribution in [0.1, 0.15) is 12.0 Å². The molecule has 0 aromatic heterocycles. The maximum Gasteiger partial charge on any atom is 0.238 e. The monoisotopic (exact) mass is 417 g/mol. The lowest BCUT2D eigenvalue weighted by molar-refractivity contribution is -0.124. The van der Waals surface area contributed by atoms with Crippen LogP contribution in [0.4, 0.5) is 5.69 Å². The molecule has 2 aromatic rings. The second kappa shape index (κ2) is 9.45. The average Bonchev–Trinajstić information content (AvgIpc) is 2.66. The Bertz CT molecular complexity index is 845. The van der Waals surface area contributed by atoms with E-state index in [-0.39, 0.29) is 24.3 Å². The topological polar surface area (TPSA) is 61.4 Å². The van der Waals surface area contributed by atoms with E-state index in [0.29, 0.717) is 17.3 Å². The Morgan fingerprint density at radius 3 is 2.71 bits per heavy atom. The van der Waals surface area contributed by atoms with Crippen molar-refractivity contribution < 1.29 is 9.59 Å². The fraction of sp³-hybridized carbons (Fsp3) is 0.333. The van der Waals surface area contributed by atoms with Gasteiger partial charge in [-0.2, -0.15) is 0 Å². The number of nitrogens with zero attached hydrogens (tertiary/aromatic N) is 1. The summed E-state index contributed by atoms with van der Waals surface area (Å²) in [6.45, 7) is 0.534. The molecule has 0 fully saturated rings. The summed E-state index contributed by atoms with van der Waals surface area (Å²) in [6, 6.07) is 15.8. The first kappa shape index (κ1) is 20.7. The number of anilines is 1. The van der Waals surface area contributed by atoms with E-state index in [4.69, 9.17) is 11.6 Å². The van der Waals surface area contributed by atoms with Crippen molar-refractivity contribution in [3.05, 3.63) is 59.1 Å². The number of hydrogen-bond acceptors (Lipinski definition) is 4. The van der Waals surface area contributed by atoms with Crippen LogP contribution in [0, 0.1) is 0 Å². The average molecular weight is 418 g/mol. The molecule has 0 aliphatic carbocycles. The predicted octanol–water partition coefficient (Wildman–Crippen LogP) is 3.43. The van der Waals surface area contributed by atoms with Crippen LogP contribution in [0.15, 0.2) is 53.4 Å². The van der Waals surface area contributed by atoms with Gasteiger partial charge in [0.25, 0.3) is 0 Å². The Kier molecular flexibility index (Phi) is 6.99. The summed E-state index contributed by atoms with van der Waals surface area (Å²) in [5.74, 6) is -0.284. The van der Waals surface area contributed by atoms with Gasteiger partial charge in [0.2, 0.25) is 11.8 Å². The summed E-state index contributed by atoms with van der Waals surface area (Å²) < 4.78 is 0. The number of nitrogens with one attached hydrogen (secondary N) is 2. The van der Waals surface area contributed by atoms with Gasteiger partial charge in [-0.1, -0.05) is 41.9 Å². The molecule has 0 bridgehead atoms. The minimum Gasteiger partial charge on any atom is -0.354 e. The van der Waals surface area contributed by atoms with Crippen molar-refractivity contribution >= 4 is 40.9 Å². The summed E-state index contributed by atoms with van der Waals surface area (Å²) in [6.07, 6.45) is 0.991. The Balaban J connectivity index is 1.54. The van der Waals surface area contributed by atoms with E-state index in [9.17, 15) is 9.59 Å². The van der Waals surface area contributed by atoms with Crippen molar-refractivity contribution in [2.75, 3.05) is 26.0 Å². The lowest BCUT2D eigenvalue weighted by Crippen LogP contribution is -2.43. The maximum absolute atomic E-state index is 12.5. The van der Waals surface area contributed by atoms with Crippen LogP contribution in [0.5, 0.6) is 0 Å². The van der Waals surface area contributed by atoms with E-state index in [0.717, 1.165) is 11.3 Å². The lowest BCUT2D eigenvalue weighted by Gasteiger charge is -2.26. The van der Waals surface area contributed by atoms with Gasteiger partial charge in [0.1, 0.15) is 0 Å². The maximum atomic E-state index is 12.5. The number of rotatable bonds is 7. The van der Waals surface area contributed by atoms with Gasteiger partial charge in [0, 0.05) is 28.9 Å². The molecule has 0 saturated carbocycles. The number of fused-ring (bicyclic) bond motifs is 1. The molecule has 1 aliphatic rings. The third-order valence-electron chi connectivity index (χ3n) is 4.71. The van der Waals surface area contributed by atoms with E-state index >= 15 is 0 Å². The van der Waals surface area contributed by atoms with Crippen LogP contribution in [0.25, 0.3) is 0 Å². The van der Waals surface area contributed by atoms with Crippen molar-refractivity contribution in [2.45, 2.75) is 29.0 Å². The Morgan fingerprint density at radius 1 is 1.25 bits per heavy atom. The molecular formula is C21H24ClN3O2S. The van der Waals surface area contributed by atoms with Crippen molar-refractivity contribution in [2.24, 2.45) is 0 Å². The minimum atomic E-state index is -0.444. The molecule has 0 spiro atoms. The van der Waals surface area contributed by atoms with Gasteiger partial charge in [0.05, 0.1) is 10.9 Å². The van der Waals surface area contributed by atoms with Gasteiger partial charge in [0.15, 0.2) is 0 Å². The molecule has 2 atom stereocenters. The summed E-state index contributed by atoms with van der Waals surface area (Å²) in [5.41, 5.74) is 1.93. The van der Waals surface area contributed by atoms with Gasteiger partial charge < -0.3 is 15.5 Å². The standard InChI is InChI=1S/C21H24ClN3O2S/c1-25(2)16(10-14-6-4-3-5-7-14)13-23-20(26)12-19-21(27)24-17-11-15(22)8-9-18(17)28-19/h3-9,11,16,19H,10,12-13H2,1-2H3,(H,23,26)(H,24,27)/t16-,19-/m0/s1. The molecule has 0 radical (unpaired) electrons. The van der Waals surface area contributed by atoms with E-state index in [1.807, 2.05) is 38.4 Å². The molecule has 7 heteroatoms. The molecule has 2 aromatic carbocycles. The van der Waals surface area contributed by atoms with Gasteiger partial charge >= 0.3 is 0 Å². The minimum absolute atomic E-state index is 0.120. The fourth-order valence-electron chi connectivity index (χ4n) is 3.05. The third kappa shape index (κ3) is 5.50. The van der Waals surface area contributed by atoms with E-state index in [2.05, 4.69) is 27.7 Å². The van der Waals surface area contributed by atoms with Crippen LogP contribution in [-0.4, -0.2) is 48.6 Å². The number of benzene rings is 2. The molecule has 5 nitrogen and oxygen atoms in total. The Morgan fingerprint density at radius 2 is 2.00 bits per heavy atom. The van der Waals surface area contributed by atoms with Crippen molar-refractivity contribution in [3.8, 4) is 0 Å². The molecule has 1 aliphatic heterocycles. The van der Waals surface area contributed by atoms with Gasteiger partial charge in [-0.15, -0.1) is 11.8 Å². The number of carbonyl (C=O) groups excluding carboxylic acids is 2. The highest BCUT2D eigenvalue weighted by Crippen LogP contribution is 2.38. The molecule has 28 heavy (non-hydrogen) atoms. The summed E-state index contributed by atoms with van der Waals surface area (Å²) >= 11 is 7.37. The Labute approximate surface area is 174 Å². The quantitative estimate of drug-likeness (QED) is 0.724. The molecule has 148 valence electrons. The SMILES string of the molecule is CN(C)[C@H](CNC(=O)C[C@@H]1Sc2ccc(Cl)cc2NC1=O)Cc1ccccc1. The molecule has 2 amide bonds. The first-order chi connectivity index (χ1) is 13.4. The predicted molar refractivity (Wildman–Crippen MR) is 115 cm³/mol. The van der Waals surface area contributed by atoms with Gasteiger partial charge in [-0.05, 0) is 44.3 Å². The number of likely N-dealkylation sites (N-methyl/N-ethyl adjacent to an activating group) is 1. The molecule has 0 unspecified atom stereocenters. The highest BCUT2D eigenvalue weighted by atomic mass is 35.5. The van der Waals surface area contributed by atoms with Crippen LogP contribution < -0.4 is 10.6 Å². The Hall–Kier alpha value is -2.02. The summed E-state index contributed by atoms with van der Waals surface area (Å²) in [7, 11) is 4.01. The number of hydrogen-bond donors (Lipinski definition) is 2. The fourth-order valence-corrected chi connectivity index (χ4v) is 4.32. The van der Waals surface area contributed by atoms with Gasteiger partial charge in [-0.3, -0.25) is 9.59 Å². The smallest absolute Gasteiger partial charge is 0.238 e. The third-order valence-corrected chi connectivity index (χ3v) is 6.22. The van der Waals surface area contributed by atoms with Crippen molar-refractivity contribution in [3.63, 3.8) is 0 Å². The molecule has 0 saturated heterocycles. The van der Waals surface area contributed by atoms with Crippen LogP contribution >= 0.6 is 23.4 Å². The zero-order chi connectivity index (χ0) is 20.1. The number of amides is 2. The van der Waals surface area contributed by atoms with Crippen LogP contribution in [0.3, 0.4) is 0 Å². The van der Waals surface area contributed by atoms with Crippen LogP contribution in [-0.2, 0) is 16.0 Å². The second-order valence-electron chi connectivity index (χ2n) is 7.05. The van der Waals surface area contributed by atoms with E-state index < -0.39 is 5.25 Å². The second-order valence-corrected chi connectivity index (χ2v) is 8.73. The zero-order valence-electron chi connectivity index (χ0n) is 15.9. The number of carbonyl (C=O) groups is 2.